The minimum atomic E-state index is -3.75. The Labute approximate surface area is 227 Å². The zero-order valence-corrected chi connectivity index (χ0v) is 22.2. The van der Waals surface area contributed by atoms with Crippen LogP contribution in [0.3, 0.4) is 0 Å². The molecule has 1 saturated heterocycles. The number of nitrogens with one attached hydrogen (secondary N) is 2. The fraction of sp³-hybridized carbons (Fsp3) is 0.321. The fourth-order valence-electron chi connectivity index (χ4n) is 4.80. The average molecular weight is 548 g/mol. The number of rotatable bonds is 9. The highest BCUT2D eigenvalue weighted by atomic mass is 32.2. The number of H-pyrrole nitrogens is 1. The Hall–Kier alpha value is -3.83. The van der Waals surface area contributed by atoms with Gasteiger partial charge in [0.05, 0.1) is 5.75 Å². The lowest BCUT2D eigenvalue weighted by atomic mass is 10.1. The van der Waals surface area contributed by atoms with Crippen LogP contribution in [-0.4, -0.2) is 59.7 Å². The van der Waals surface area contributed by atoms with Gasteiger partial charge >= 0.3 is 0 Å². The largest absolute Gasteiger partial charge is 0.338 e. The third-order valence-electron chi connectivity index (χ3n) is 7.13. The van der Waals surface area contributed by atoms with Crippen molar-refractivity contribution in [3.63, 3.8) is 0 Å². The van der Waals surface area contributed by atoms with Crippen LogP contribution in [-0.2, 0) is 22.1 Å². The number of hydrogen-bond acceptors (Lipinski definition) is 8. The molecule has 2 fully saturated rings. The summed E-state index contributed by atoms with van der Waals surface area (Å²) in [6.07, 6.45) is 4.20. The Morgan fingerprint density at radius 2 is 1.69 bits per heavy atom. The van der Waals surface area contributed by atoms with Crippen LogP contribution >= 0.6 is 0 Å². The van der Waals surface area contributed by atoms with Crippen molar-refractivity contribution in [2.45, 2.75) is 36.0 Å². The van der Waals surface area contributed by atoms with Gasteiger partial charge in [0.15, 0.2) is 15.7 Å². The topological polar surface area (TPSA) is 107 Å². The fourth-order valence-corrected chi connectivity index (χ4v) is 6.24. The van der Waals surface area contributed by atoms with Gasteiger partial charge in [-0.25, -0.2) is 17.8 Å². The molecule has 3 heterocycles. The molecule has 2 aliphatic rings. The molecule has 0 bridgehead atoms. The van der Waals surface area contributed by atoms with Gasteiger partial charge in [-0.05, 0) is 42.2 Å². The van der Waals surface area contributed by atoms with E-state index in [1.54, 1.807) is 6.20 Å². The molecule has 0 spiro atoms. The number of nitrogens with zero attached hydrogens (tertiary/aromatic N) is 5. The molecule has 0 amide bonds. The van der Waals surface area contributed by atoms with Crippen molar-refractivity contribution >= 4 is 27.4 Å². The molecule has 9 nitrogen and oxygen atoms in total. The van der Waals surface area contributed by atoms with Crippen molar-refractivity contribution in [1.82, 2.24) is 25.1 Å². The number of aromatic nitrogens is 4. The van der Waals surface area contributed by atoms with Crippen LogP contribution in [0.25, 0.3) is 0 Å². The first-order chi connectivity index (χ1) is 18.9. The van der Waals surface area contributed by atoms with E-state index in [0.29, 0.717) is 23.2 Å². The Morgan fingerprint density at radius 3 is 2.44 bits per heavy atom. The van der Waals surface area contributed by atoms with E-state index < -0.39 is 15.7 Å². The second-order valence-electron chi connectivity index (χ2n) is 10.1. The van der Waals surface area contributed by atoms with Crippen LogP contribution < -0.4 is 10.2 Å². The van der Waals surface area contributed by atoms with Crippen LogP contribution in [0.4, 0.5) is 22.0 Å². The minimum Gasteiger partial charge on any atom is -0.338 e. The Morgan fingerprint density at radius 1 is 0.949 bits per heavy atom. The van der Waals surface area contributed by atoms with E-state index >= 15 is 0 Å². The molecule has 0 radical (unpaired) electrons. The molecular weight excluding hydrogens is 517 g/mol. The van der Waals surface area contributed by atoms with Crippen molar-refractivity contribution in [2.75, 3.05) is 36.4 Å². The molecule has 6 rings (SSSR count). The summed E-state index contributed by atoms with van der Waals surface area (Å²) < 4.78 is 39.3. The Bertz CT molecular complexity index is 1550. The van der Waals surface area contributed by atoms with E-state index in [1.807, 2.05) is 36.4 Å². The molecule has 1 saturated carbocycles. The number of hydrogen-bond donors (Lipinski definition) is 2. The third-order valence-corrected chi connectivity index (χ3v) is 8.84. The van der Waals surface area contributed by atoms with E-state index in [2.05, 4.69) is 30.3 Å². The summed E-state index contributed by atoms with van der Waals surface area (Å²) in [6, 6.07) is 16.9. The van der Waals surface area contributed by atoms with Crippen molar-refractivity contribution < 1.29 is 12.8 Å². The van der Waals surface area contributed by atoms with Gasteiger partial charge in [-0.3, -0.25) is 10.00 Å². The smallest absolute Gasteiger partial charge is 0.227 e. The van der Waals surface area contributed by atoms with E-state index in [4.69, 9.17) is 4.98 Å². The predicted octanol–water partition coefficient (Wildman–Crippen LogP) is 4.26. The van der Waals surface area contributed by atoms with Gasteiger partial charge in [-0.2, -0.15) is 10.1 Å². The highest BCUT2D eigenvalue weighted by Gasteiger charge is 2.26. The first-order valence-corrected chi connectivity index (χ1v) is 14.8. The first kappa shape index (κ1) is 25.4. The summed E-state index contributed by atoms with van der Waals surface area (Å²) in [5.41, 5.74) is 2.91. The van der Waals surface area contributed by atoms with E-state index in [1.165, 1.54) is 42.8 Å². The first-order valence-electron chi connectivity index (χ1n) is 13.1. The molecule has 0 unspecified atom stereocenters. The number of aromatic amines is 1. The number of benzene rings is 2. The van der Waals surface area contributed by atoms with Crippen molar-refractivity contribution in [2.24, 2.45) is 0 Å². The van der Waals surface area contributed by atoms with Crippen LogP contribution in [0, 0.1) is 5.82 Å². The number of piperazine rings is 1. The molecule has 2 N–H and O–H groups in total. The van der Waals surface area contributed by atoms with Crippen LogP contribution in [0.1, 0.15) is 35.6 Å². The molecule has 1 aliphatic carbocycles. The van der Waals surface area contributed by atoms with Crippen molar-refractivity contribution in [1.29, 1.82) is 0 Å². The van der Waals surface area contributed by atoms with Crippen molar-refractivity contribution in [3.05, 3.63) is 89.5 Å². The summed E-state index contributed by atoms with van der Waals surface area (Å²) in [7, 11) is -3.75. The van der Waals surface area contributed by atoms with E-state index in [0.717, 1.165) is 44.1 Å². The molecule has 0 atom stereocenters. The van der Waals surface area contributed by atoms with Gasteiger partial charge in [0, 0.05) is 56.6 Å². The lowest BCUT2D eigenvalue weighted by Gasteiger charge is -2.34. The van der Waals surface area contributed by atoms with Gasteiger partial charge in [-0.1, -0.05) is 36.4 Å². The second-order valence-corrected chi connectivity index (χ2v) is 12.1. The standard InChI is InChI=1S/C28H30FN7O2S/c29-23-3-1-2-4-25(23)39(37,38)19-21-7-5-20(6-8-21)18-35-13-15-36(16-14-35)28-30-12-11-26(32-28)31-27-17-24(33-34-27)22-9-10-22/h1-8,11-12,17,22H,9-10,13-16,18-19H2,(H2,30,31,32,33,34). The molecule has 4 aromatic rings. The average Bonchev–Trinajstić information content (AvgIpc) is 3.69. The highest BCUT2D eigenvalue weighted by Crippen LogP contribution is 2.39. The summed E-state index contributed by atoms with van der Waals surface area (Å²) in [6.45, 7) is 4.08. The lowest BCUT2D eigenvalue weighted by molar-refractivity contribution is 0.248. The number of anilines is 3. The maximum Gasteiger partial charge on any atom is 0.227 e. The van der Waals surface area contributed by atoms with Crippen molar-refractivity contribution in [3.8, 4) is 0 Å². The van der Waals surface area contributed by atoms with Gasteiger partial charge in [-0.15, -0.1) is 0 Å². The summed E-state index contributed by atoms with van der Waals surface area (Å²) in [5.74, 6) is 1.84. The SMILES string of the molecule is O=S(=O)(Cc1ccc(CN2CCN(c3nccc(Nc4cc(C5CC5)[nH]n4)n3)CC2)cc1)c1ccccc1F. The normalized spacial score (nSPS) is 16.4. The molecule has 2 aromatic carbocycles. The van der Waals surface area contributed by atoms with Gasteiger partial charge < -0.3 is 10.2 Å². The molecule has 39 heavy (non-hydrogen) atoms. The van der Waals surface area contributed by atoms with Gasteiger partial charge in [0.1, 0.15) is 16.5 Å². The molecule has 202 valence electrons. The predicted molar refractivity (Wildman–Crippen MR) is 147 cm³/mol. The van der Waals surface area contributed by atoms with E-state index in [-0.39, 0.29) is 10.6 Å². The zero-order chi connectivity index (χ0) is 26.8. The maximum absolute atomic E-state index is 14.0. The van der Waals surface area contributed by atoms with Gasteiger partial charge in [0.25, 0.3) is 0 Å². The van der Waals surface area contributed by atoms with Gasteiger partial charge in [0.2, 0.25) is 5.95 Å². The Kier molecular flexibility index (Phi) is 7.01. The molecule has 1 aliphatic heterocycles. The molecule has 11 heteroatoms. The summed E-state index contributed by atoms with van der Waals surface area (Å²) in [4.78, 5) is 13.4. The highest BCUT2D eigenvalue weighted by molar-refractivity contribution is 7.90. The molecule has 2 aromatic heterocycles. The third kappa shape index (κ3) is 6.10. The zero-order valence-electron chi connectivity index (χ0n) is 21.4. The number of sulfone groups is 1. The maximum atomic E-state index is 14.0. The summed E-state index contributed by atoms with van der Waals surface area (Å²) in [5, 5.41) is 10.7. The van der Waals surface area contributed by atoms with Crippen LogP contribution in [0.15, 0.2) is 71.8 Å². The number of halogens is 1. The lowest BCUT2D eigenvalue weighted by Crippen LogP contribution is -2.46. The van der Waals surface area contributed by atoms with E-state index in [9.17, 15) is 12.8 Å². The van der Waals surface area contributed by atoms with Crippen LogP contribution in [0.5, 0.6) is 0 Å². The second kappa shape index (κ2) is 10.7. The summed E-state index contributed by atoms with van der Waals surface area (Å²) >= 11 is 0. The monoisotopic (exact) mass is 547 g/mol. The molecular formula is C28H30FN7O2S. The Balaban J connectivity index is 1.01. The minimum absolute atomic E-state index is 0.233. The van der Waals surface area contributed by atoms with Crippen LogP contribution in [0.2, 0.25) is 0 Å². The quantitative estimate of drug-likeness (QED) is 0.320.